The Balaban J connectivity index is 1.57. The van der Waals surface area contributed by atoms with Crippen LogP contribution in [-0.2, 0) is 27.2 Å². The lowest BCUT2D eigenvalue weighted by Crippen LogP contribution is -2.29. The fourth-order valence-corrected chi connectivity index (χ4v) is 6.52. The van der Waals surface area contributed by atoms with Crippen molar-refractivity contribution in [3.05, 3.63) is 29.3 Å². The zero-order valence-electron chi connectivity index (χ0n) is 23.1. The van der Waals surface area contributed by atoms with Crippen LogP contribution in [0.15, 0.2) is 18.2 Å². The summed E-state index contributed by atoms with van der Waals surface area (Å²) in [7, 11) is 0. The zero-order chi connectivity index (χ0) is 27.3. The lowest BCUT2D eigenvalue weighted by atomic mass is 9.73. The van der Waals surface area contributed by atoms with Crippen molar-refractivity contribution < 1.29 is 34.4 Å². The number of aliphatic hydroxyl groups is 2. The first-order valence-corrected chi connectivity index (χ1v) is 14.9. The van der Waals surface area contributed by atoms with Crippen molar-refractivity contribution >= 4 is 11.9 Å². The van der Waals surface area contributed by atoms with Crippen molar-refractivity contribution in [2.45, 2.75) is 115 Å². The molecule has 1 aromatic carbocycles. The van der Waals surface area contributed by atoms with Gasteiger partial charge in [0, 0.05) is 13.0 Å². The Morgan fingerprint density at radius 2 is 1.79 bits per heavy atom. The van der Waals surface area contributed by atoms with E-state index in [0.717, 1.165) is 56.9 Å². The Morgan fingerprint density at radius 1 is 1.03 bits per heavy atom. The molecular formula is C31H48O7. The van der Waals surface area contributed by atoms with Crippen molar-refractivity contribution in [1.29, 1.82) is 0 Å². The number of benzene rings is 1. The van der Waals surface area contributed by atoms with Crippen molar-refractivity contribution in [3.63, 3.8) is 0 Å². The zero-order valence-corrected chi connectivity index (χ0v) is 23.1. The number of hydrogen-bond donors (Lipinski definition) is 3. The van der Waals surface area contributed by atoms with E-state index < -0.39 is 5.97 Å². The molecule has 0 radical (unpaired) electrons. The molecule has 1 fully saturated rings. The molecule has 0 unspecified atom stereocenters. The molecule has 5 atom stereocenters. The number of aliphatic carboxylic acids is 1. The molecule has 0 bridgehead atoms. The van der Waals surface area contributed by atoms with Crippen molar-refractivity contribution in [2.75, 3.05) is 13.2 Å². The number of hydrogen-bond acceptors (Lipinski definition) is 6. The van der Waals surface area contributed by atoms with Gasteiger partial charge in [-0.05, 0) is 86.3 Å². The van der Waals surface area contributed by atoms with Crippen LogP contribution in [0.5, 0.6) is 5.75 Å². The largest absolute Gasteiger partial charge is 0.482 e. The van der Waals surface area contributed by atoms with Gasteiger partial charge in [-0.15, -0.1) is 0 Å². The van der Waals surface area contributed by atoms with Crippen LogP contribution in [0.4, 0.5) is 0 Å². The van der Waals surface area contributed by atoms with Gasteiger partial charge in [0.1, 0.15) is 11.9 Å². The van der Waals surface area contributed by atoms with Crippen LogP contribution in [0.25, 0.3) is 0 Å². The van der Waals surface area contributed by atoms with Crippen LogP contribution in [0.2, 0.25) is 0 Å². The van der Waals surface area contributed by atoms with Crippen LogP contribution >= 0.6 is 0 Å². The van der Waals surface area contributed by atoms with Gasteiger partial charge in [0.05, 0.1) is 6.10 Å². The fourth-order valence-electron chi connectivity index (χ4n) is 6.52. The predicted octanol–water partition coefficient (Wildman–Crippen LogP) is 5.47. The van der Waals surface area contributed by atoms with Crippen molar-refractivity contribution in [1.82, 2.24) is 0 Å². The third kappa shape index (κ3) is 9.26. The first-order chi connectivity index (χ1) is 18.4. The fraction of sp³-hybridized carbons (Fsp3) is 0.742. The summed E-state index contributed by atoms with van der Waals surface area (Å²) in [5.74, 6) is 0.269. The molecule has 38 heavy (non-hydrogen) atoms. The lowest BCUT2D eigenvalue weighted by molar-refractivity contribution is -0.150. The summed E-state index contributed by atoms with van der Waals surface area (Å²) < 4.78 is 11.4. The topological polar surface area (TPSA) is 113 Å². The molecule has 1 aromatic rings. The van der Waals surface area contributed by atoms with Gasteiger partial charge in [0.2, 0.25) is 0 Å². The minimum Gasteiger partial charge on any atom is -0.482 e. The molecule has 3 N–H and O–H groups in total. The molecule has 2 aliphatic rings. The highest BCUT2D eigenvalue weighted by molar-refractivity contribution is 5.69. The number of carboxylic acids is 1. The number of rotatable bonds is 18. The summed E-state index contributed by atoms with van der Waals surface area (Å²) >= 11 is 0. The van der Waals surface area contributed by atoms with Gasteiger partial charge in [-0.25, -0.2) is 4.79 Å². The van der Waals surface area contributed by atoms with Crippen LogP contribution in [0, 0.1) is 17.8 Å². The Hall–Kier alpha value is -2.12. The molecule has 0 amide bonds. The number of esters is 1. The second-order valence-corrected chi connectivity index (χ2v) is 11.3. The van der Waals surface area contributed by atoms with E-state index in [-0.39, 0.29) is 43.7 Å². The highest BCUT2D eigenvalue weighted by Gasteiger charge is 2.45. The van der Waals surface area contributed by atoms with E-state index in [0.29, 0.717) is 24.0 Å². The normalized spacial score (nSPS) is 22.9. The third-order valence-electron chi connectivity index (χ3n) is 8.49. The molecule has 0 spiro atoms. The van der Waals surface area contributed by atoms with Crippen molar-refractivity contribution in [3.8, 4) is 5.75 Å². The number of ether oxygens (including phenoxy) is 2. The molecule has 0 heterocycles. The van der Waals surface area contributed by atoms with Gasteiger partial charge in [-0.1, -0.05) is 57.6 Å². The van der Waals surface area contributed by atoms with Gasteiger partial charge in [-0.2, -0.15) is 0 Å². The van der Waals surface area contributed by atoms with Crippen LogP contribution in [0.3, 0.4) is 0 Å². The highest BCUT2D eigenvalue weighted by Crippen LogP contribution is 2.48. The van der Waals surface area contributed by atoms with Gasteiger partial charge in [0.25, 0.3) is 0 Å². The molecule has 1 saturated carbocycles. The van der Waals surface area contributed by atoms with Gasteiger partial charge in [-0.3, -0.25) is 4.79 Å². The monoisotopic (exact) mass is 532 g/mol. The minimum atomic E-state index is -0.990. The summed E-state index contributed by atoms with van der Waals surface area (Å²) in [6, 6.07) is 5.85. The van der Waals surface area contributed by atoms with E-state index >= 15 is 0 Å². The van der Waals surface area contributed by atoms with Gasteiger partial charge >= 0.3 is 11.9 Å². The summed E-state index contributed by atoms with van der Waals surface area (Å²) in [6.07, 6.45) is 13.4. The maximum absolute atomic E-state index is 12.3. The first-order valence-electron chi connectivity index (χ1n) is 14.9. The number of unbranched alkanes of at least 4 members (excludes halogenated alkanes) is 6. The van der Waals surface area contributed by atoms with E-state index in [2.05, 4.69) is 13.0 Å². The first kappa shape index (κ1) is 30.4. The number of fused-ring (bicyclic) bond motifs is 2. The molecule has 7 heteroatoms. The third-order valence-corrected chi connectivity index (χ3v) is 8.49. The summed E-state index contributed by atoms with van der Waals surface area (Å²) in [5.41, 5.74) is 2.26. The Morgan fingerprint density at radius 3 is 2.53 bits per heavy atom. The SMILES string of the molecule is CCCCCCCCC[C@@H](CC[C@@H]1[C@H]2Cc3cccc(OCC(=O)O)c3C[C@H]2C[C@H]1O)OC(=O)CCCO. The number of aliphatic hydroxyl groups excluding tert-OH is 2. The number of carbonyl (C=O) groups excluding carboxylic acids is 1. The van der Waals surface area contributed by atoms with Gasteiger partial charge in [0.15, 0.2) is 6.61 Å². The predicted molar refractivity (Wildman–Crippen MR) is 146 cm³/mol. The Labute approximate surface area is 227 Å². The molecule has 0 aromatic heterocycles. The molecule has 3 rings (SSSR count). The summed E-state index contributed by atoms with van der Waals surface area (Å²) in [6.45, 7) is 1.85. The second kappa shape index (κ2) is 16.1. The lowest BCUT2D eigenvalue weighted by Gasteiger charge is -2.32. The maximum Gasteiger partial charge on any atom is 0.341 e. The average molecular weight is 533 g/mol. The smallest absolute Gasteiger partial charge is 0.341 e. The molecule has 2 aliphatic carbocycles. The van der Waals surface area contributed by atoms with Crippen LogP contribution in [-0.4, -0.2) is 52.7 Å². The quantitative estimate of drug-likeness (QED) is 0.170. The maximum atomic E-state index is 12.3. The minimum absolute atomic E-state index is 0.0145. The molecule has 7 nitrogen and oxygen atoms in total. The Bertz CT molecular complexity index is 870. The second-order valence-electron chi connectivity index (χ2n) is 11.3. The molecule has 214 valence electrons. The number of carboxylic acid groups (broad SMARTS) is 1. The summed E-state index contributed by atoms with van der Waals surface area (Å²) in [4.78, 5) is 23.3. The average Bonchev–Trinajstić information content (AvgIpc) is 3.20. The van der Waals surface area contributed by atoms with E-state index in [1.165, 1.54) is 37.7 Å². The summed E-state index contributed by atoms with van der Waals surface area (Å²) in [5, 5.41) is 29.1. The van der Waals surface area contributed by atoms with E-state index in [9.17, 15) is 14.7 Å². The van der Waals surface area contributed by atoms with Gasteiger partial charge < -0.3 is 24.8 Å². The molecular weight excluding hydrogens is 484 g/mol. The Kier molecular flexibility index (Phi) is 12.9. The van der Waals surface area contributed by atoms with Crippen LogP contribution < -0.4 is 4.74 Å². The van der Waals surface area contributed by atoms with Crippen LogP contribution in [0.1, 0.15) is 102 Å². The standard InChI is InChI=1S/C31H48O7/c1-2-3-4-5-6-7-8-12-24(38-31(36)14-10-17-32)15-16-25-26-18-22-11-9-13-29(37-21-30(34)35)27(22)19-23(26)20-28(25)33/h9,11,13,23-26,28,32-33H,2-8,10,12,14-21H2,1H3,(H,34,35)/t23-,24-,25+,26-,28+/m0/s1. The number of carbonyl (C=O) groups is 2. The van der Waals surface area contributed by atoms with E-state index in [1.807, 2.05) is 12.1 Å². The highest BCUT2D eigenvalue weighted by atomic mass is 16.5. The van der Waals surface area contributed by atoms with Crippen molar-refractivity contribution in [2.24, 2.45) is 17.8 Å². The molecule has 0 aliphatic heterocycles. The van der Waals surface area contributed by atoms with E-state index in [1.54, 1.807) is 0 Å². The van der Waals surface area contributed by atoms with E-state index in [4.69, 9.17) is 19.7 Å². The molecule has 0 saturated heterocycles.